The van der Waals surface area contributed by atoms with E-state index in [1.54, 1.807) is 7.11 Å². The monoisotopic (exact) mass is 369 g/mol. The molecule has 1 aromatic heterocycles. The van der Waals surface area contributed by atoms with Crippen molar-refractivity contribution in [2.45, 2.75) is 50.7 Å². The van der Waals surface area contributed by atoms with Crippen LogP contribution in [0.1, 0.15) is 49.4 Å². The van der Waals surface area contributed by atoms with Gasteiger partial charge in [-0.15, -0.1) is 0 Å². The van der Waals surface area contributed by atoms with Crippen molar-refractivity contribution in [1.82, 2.24) is 14.8 Å². The Hall–Kier alpha value is -2.01. The highest BCUT2D eigenvalue weighted by Gasteiger charge is 2.31. The van der Waals surface area contributed by atoms with Crippen LogP contribution >= 0.6 is 12.2 Å². The van der Waals surface area contributed by atoms with Gasteiger partial charge in [-0.3, -0.25) is 0 Å². The number of hydrogen-bond acceptors (Lipinski definition) is 2. The summed E-state index contributed by atoms with van der Waals surface area (Å²) in [6, 6.07) is 13.4. The zero-order chi connectivity index (χ0) is 17.9. The molecule has 0 unspecified atom stereocenters. The summed E-state index contributed by atoms with van der Waals surface area (Å²) in [6.07, 6.45) is 8.61. The number of thiocarbonyl (C=S) groups is 1. The lowest BCUT2D eigenvalue weighted by molar-refractivity contribution is 0.278. The van der Waals surface area contributed by atoms with Gasteiger partial charge in [-0.05, 0) is 54.9 Å². The second-order valence-electron chi connectivity index (χ2n) is 7.28. The van der Waals surface area contributed by atoms with Crippen molar-refractivity contribution in [2.24, 2.45) is 0 Å². The first-order chi connectivity index (χ1) is 12.8. The van der Waals surface area contributed by atoms with E-state index in [4.69, 9.17) is 17.0 Å². The number of nitrogens with one attached hydrogen (secondary N) is 1. The minimum Gasteiger partial charge on any atom is -0.497 e. The first-order valence-electron chi connectivity index (χ1n) is 9.62. The summed E-state index contributed by atoms with van der Waals surface area (Å²) >= 11 is 5.86. The van der Waals surface area contributed by atoms with Crippen LogP contribution in [0.5, 0.6) is 5.75 Å². The molecule has 1 aromatic carbocycles. The van der Waals surface area contributed by atoms with Crippen LogP contribution in [0.4, 0.5) is 0 Å². The second kappa shape index (κ2) is 7.70. The van der Waals surface area contributed by atoms with E-state index in [0.717, 1.165) is 24.0 Å². The normalized spacial score (nSPS) is 20.5. The van der Waals surface area contributed by atoms with Crippen molar-refractivity contribution < 1.29 is 4.74 Å². The smallest absolute Gasteiger partial charge is 0.170 e. The van der Waals surface area contributed by atoms with Crippen LogP contribution < -0.4 is 10.1 Å². The summed E-state index contributed by atoms with van der Waals surface area (Å²) in [4.78, 5) is 2.36. The number of methoxy groups -OCH3 is 1. The van der Waals surface area contributed by atoms with E-state index in [9.17, 15) is 0 Å². The lowest BCUT2D eigenvalue weighted by atomic mass is 9.95. The molecule has 0 spiro atoms. The van der Waals surface area contributed by atoms with Gasteiger partial charge in [0.25, 0.3) is 0 Å². The lowest BCUT2D eigenvalue weighted by Gasteiger charge is -2.40. The van der Waals surface area contributed by atoms with Crippen LogP contribution in [0.3, 0.4) is 0 Å². The molecule has 0 radical (unpaired) electrons. The topological polar surface area (TPSA) is 29.4 Å². The highest BCUT2D eigenvalue weighted by Crippen LogP contribution is 2.33. The third-order valence-electron chi connectivity index (χ3n) is 5.66. The van der Waals surface area contributed by atoms with E-state index >= 15 is 0 Å². The molecule has 2 aliphatic rings. The van der Waals surface area contributed by atoms with Gasteiger partial charge in [0.2, 0.25) is 0 Å². The van der Waals surface area contributed by atoms with Gasteiger partial charge in [0.1, 0.15) is 5.75 Å². The molecule has 1 aliphatic heterocycles. The molecule has 1 aliphatic carbocycles. The zero-order valence-corrected chi connectivity index (χ0v) is 16.2. The summed E-state index contributed by atoms with van der Waals surface area (Å²) < 4.78 is 7.67. The molecule has 26 heavy (non-hydrogen) atoms. The van der Waals surface area contributed by atoms with Crippen LogP contribution in [0.25, 0.3) is 0 Å². The molecule has 1 atom stereocenters. The largest absolute Gasteiger partial charge is 0.497 e. The molecule has 5 heteroatoms. The van der Waals surface area contributed by atoms with Crippen molar-refractivity contribution in [3.05, 3.63) is 53.9 Å². The summed E-state index contributed by atoms with van der Waals surface area (Å²) in [6.45, 7) is 1.90. The molecule has 1 saturated carbocycles. The van der Waals surface area contributed by atoms with Gasteiger partial charge in [0.05, 0.1) is 13.2 Å². The maximum absolute atomic E-state index is 5.86. The van der Waals surface area contributed by atoms with Gasteiger partial charge < -0.3 is 19.5 Å². The Bertz CT molecular complexity index is 749. The van der Waals surface area contributed by atoms with Crippen molar-refractivity contribution >= 4 is 17.3 Å². The van der Waals surface area contributed by atoms with E-state index in [1.807, 2.05) is 12.1 Å². The maximum atomic E-state index is 5.86. The first kappa shape index (κ1) is 17.4. The Morgan fingerprint density at radius 2 is 1.85 bits per heavy atom. The van der Waals surface area contributed by atoms with Crippen molar-refractivity contribution in [1.29, 1.82) is 0 Å². The molecule has 2 aromatic rings. The number of rotatable bonds is 3. The molecule has 2 heterocycles. The quantitative estimate of drug-likeness (QED) is 0.825. The fourth-order valence-electron chi connectivity index (χ4n) is 4.24. The Kier molecular flexibility index (Phi) is 5.16. The van der Waals surface area contributed by atoms with Crippen molar-refractivity contribution in [2.75, 3.05) is 13.7 Å². The van der Waals surface area contributed by atoms with Gasteiger partial charge in [-0.1, -0.05) is 31.4 Å². The molecule has 1 N–H and O–H groups in total. The van der Waals surface area contributed by atoms with Crippen LogP contribution in [0.15, 0.2) is 42.6 Å². The highest BCUT2D eigenvalue weighted by atomic mass is 32.1. The van der Waals surface area contributed by atoms with Crippen LogP contribution in [0, 0.1) is 0 Å². The third-order valence-corrected chi connectivity index (χ3v) is 6.02. The minimum atomic E-state index is 0.147. The average Bonchev–Trinajstić information content (AvgIpc) is 3.17. The molecule has 4 nitrogen and oxygen atoms in total. The molecule has 4 rings (SSSR count). The van der Waals surface area contributed by atoms with Crippen LogP contribution in [0.2, 0.25) is 0 Å². The Morgan fingerprint density at radius 1 is 1.08 bits per heavy atom. The SMILES string of the molecule is COc1ccc([C@@H]2c3cccn3CCN2C(=S)NC2CCCCC2)cc1. The summed E-state index contributed by atoms with van der Waals surface area (Å²) in [5, 5.41) is 4.55. The average molecular weight is 370 g/mol. The fourth-order valence-corrected chi connectivity index (χ4v) is 4.61. The first-order valence-corrected chi connectivity index (χ1v) is 10.0. The predicted octanol–water partition coefficient (Wildman–Crippen LogP) is 4.11. The van der Waals surface area contributed by atoms with Gasteiger partial charge in [-0.25, -0.2) is 0 Å². The van der Waals surface area contributed by atoms with E-state index < -0.39 is 0 Å². The van der Waals surface area contributed by atoms with E-state index in [-0.39, 0.29) is 6.04 Å². The van der Waals surface area contributed by atoms with Crippen LogP contribution in [-0.4, -0.2) is 34.3 Å². The van der Waals surface area contributed by atoms with Gasteiger partial charge in [0.15, 0.2) is 5.11 Å². The Balaban J connectivity index is 1.60. The van der Waals surface area contributed by atoms with Crippen LogP contribution in [-0.2, 0) is 6.54 Å². The summed E-state index contributed by atoms with van der Waals surface area (Å²) in [5.41, 5.74) is 2.55. The lowest BCUT2D eigenvalue weighted by Crippen LogP contribution is -2.50. The minimum absolute atomic E-state index is 0.147. The summed E-state index contributed by atoms with van der Waals surface area (Å²) in [7, 11) is 1.70. The molecule has 1 fully saturated rings. The Morgan fingerprint density at radius 3 is 2.58 bits per heavy atom. The van der Waals surface area contributed by atoms with Crippen molar-refractivity contribution in [3.63, 3.8) is 0 Å². The zero-order valence-electron chi connectivity index (χ0n) is 15.4. The summed E-state index contributed by atoms with van der Waals surface area (Å²) in [5.74, 6) is 0.884. The van der Waals surface area contributed by atoms with Gasteiger partial charge >= 0.3 is 0 Å². The highest BCUT2D eigenvalue weighted by molar-refractivity contribution is 7.80. The second-order valence-corrected chi connectivity index (χ2v) is 7.67. The molecule has 0 amide bonds. The predicted molar refractivity (Wildman–Crippen MR) is 109 cm³/mol. The number of fused-ring (bicyclic) bond motifs is 1. The standard InChI is InChI=1S/C21H27N3OS/c1-25-18-11-9-16(10-12-18)20-19-8-5-13-23(19)14-15-24(20)21(26)22-17-6-3-2-4-7-17/h5,8-13,17,20H,2-4,6-7,14-15H2,1H3,(H,22,26)/t20-/m1/s1. The number of ether oxygens (including phenoxy) is 1. The number of hydrogen-bond donors (Lipinski definition) is 1. The third kappa shape index (κ3) is 3.45. The van der Waals surface area contributed by atoms with E-state index in [0.29, 0.717) is 6.04 Å². The van der Waals surface area contributed by atoms with Gasteiger partial charge in [0, 0.05) is 31.0 Å². The number of aromatic nitrogens is 1. The van der Waals surface area contributed by atoms with E-state index in [1.165, 1.54) is 43.4 Å². The molecular formula is C21H27N3OS. The molecular weight excluding hydrogens is 342 g/mol. The fraction of sp³-hybridized carbons (Fsp3) is 0.476. The molecule has 0 saturated heterocycles. The maximum Gasteiger partial charge on any atom is 0.170 e. The van der Waals surface area contributed by atoms with Crippen molar-refractivity contribution in [3.8, 4) is 5.75 Å². The Labute approximate surface area is 161 Å². The molecule has 138 valence electrons. The number of nitrogens with zero attached hydrogens (tertiary/aromatic N) is 2. The van der Waals surface area contributed by atoms with Gasteiger partial charge in [-0.2, -0.15) is 0 Å². The van der Waals surface area contributed by atoms with E-state index in [2.05, 4.69) is 45.2 Å². The molecule has 0 bridgehead atoms. The number of benzene rings is 1.